The highest BCUT2D eigenvalue weighted by Crippen LogP contribution is 2.28. The van der Waals surface area contributed by atoms with Gasteiger partial charge in [-0.15, -0.1) is 0 Å². The first-order valence-corrected chi connectivity index (χ1v) is 7.32. The van der Waals surface area contributed by atoms with Crippen LogP contribution in [0.2, 0.25) is 0 Å². The predicted octanol–water partition coefficient (Wildman–Crippen LogP) is 4.06. The summed E-state index contributed by atoms with van der Waals surface area (Å²) in [6, 6.07) is 3.90. The summed E-state index contributed by atoms with van der Waals surface area (Å²) in [7, 11) is 1.85. The second-order valence-corrected chi connectivity index (χ2v) is 5.07. The van der Waals surface area contributed by atoms with E-state index in [1.807, 2.05) is 19.2 Å². The molecule has 2 aromatic heterocycles. The van der Waals surface area contributed by atoms with Gasteiger partial charge in [0.25, 0.3) is 0 Å². The van der Waals surface area contributed by atoms with E-state index in [1.54, 1.807) is 0 Å². The number of aryl methyl sites for hydroxylation is 2. The number of nitrogens with one attached hydrogen (secondary N) is 1. The molecule has 2 rings (SSSR count). The number of aromatic nitrogens is 2. The van der Waals surface area contributed by atoms with Crippen LogP contribution in [0.5, 0.6) is 0 Å². The SMILES string of the molecule is CCCc1nc(-c2ccc(CC)o2)nc(NC)c1Br. The van der Waals surface area contributed by atoms with Crippen LogP contribution in [0.25, 0.3) is 11.6 Å². The van der Waals surface area contributed by atoms with Crippen molar-refractivity contribution in [3.8, 4) is 11.6 Å². The maximum Gasteiger partial charge on any atom is 0.197 e. The second-order valence-electron chi connectivity index (χ2n) is 4.28. The van der Waals surface area contributed by atoms with Gasteiger partial charge in [-0.25, -0.2) is 9.97 Å². The molecule has 0 aliphatic carbocycles. The van der Waals surface area contributed by atoms with Gasteiger partial charge in [0.2, 0.25) is 0 Å². The minimum atomic E-state index is 0.635. The third-order valence-electron chi connectivity index (χ3n) is 2.87. The zero-order valence-corrected chi connectivity index (χ0v) is 13.0. The monoisotopic (exact) mass is 323 g/mol. The molecule has 5 heteroatoms. The van der Waals surface area contributed by atoms with Crippen molar-refractivity contribution in [1.82, 2.24) is 9.97 Å². The second kappa shape index (κ2) is 6.19. The predicted molar refractivity (Wildman–Crippen MR) is 80.4 cm³/mol. The highest BCUT2D eigenvalue weighted by atomic mass is 79.9. The van der Waals surface area contributed by atoms with Crippen molar-refractivity contribution in [2.75, 3.05) is 12.4 Å². The zero-order valence-electron chi connectivity index (χ0n) is 11.5. The van der Waals surface area contributed by atoms with Crippen LogP contribution in [0.15, 0.2) is 21.0 Å². The Balaban J connectivity index is 2.47. The Bertz CT molecular complexity index is 566. The van der Waals surface area contributed by atoms with Crippen LogP contribution in [0.3, 0.4) is 0 Å². The van der Waals surface area contributed by atoms with Gasteiger partial charge in [0, 0.05) is 13.5 Å². The summed E-state index contributed by atoms with van der Waals surface area (Å²) in [5.74, 6) is 3.10. The number of anilines is 1. The van der Waals surface area contributed by atoms with Crippen LogP contribution in [-0.2, 0) is 12.8 Å². The molecule has 0 fully saturated rings. The minimum absolute atomic E-state index is 0.635. The fraction of sp³-hybridized carbons (Fsp3) is 0.429. The molecule has 0 aromatic carbocycles. The summed E-state index contributed by atoms with van der Waals surface area (Å²) in [4.78, 5) is 9.09. The lowest BCUT2D eigenvalue weighted by molar-refractivity contribution is 0.525. The molecule has 102 valence electrons. The summed E-state index contributed by atoms with van der Waals surface area (Å²) in [6.45, 7) is 4.20. The van der Waals surface area contributed by atoms with Crippen molar-refractivity contribution >= 4 is 21.7 Å². The smallest absolute Gasteiger partial charge is 0.197 e. The van der Waals surface area contributed by atoms with E-state index in [0.717, 1.165) is 46.8 Å². The summed E-state index contributed by atoms with van der Waals surface area (Å²) in [5.41, 5.74) is 1.01. The molecule has 0 radical (unpaired) electrons. The average Bonchev–Trinajstić information content (AvgIpc) is 2.90. The van der Waals surface area contributed by atoms with Crippen molar-refractivity contribution in [3.05, 3.63) is 28.1 Å². The Kier molecular flexibility index (Phi) is 4.58. The molecule has 0 aliphatic heterocycles. The summed E-state index contributed by atoms with van der Waals surface area (Å²) in [6.07, 6.45) is 2.82. The van der Waals surface area contributed by atoms with E-state index in [4.69, 9.17) is 4.42 Å². The quantitative estimate of drug-likeness (QED) is 0.901. The van der Waals surface area contributed by atoms with Gasteiger partial charge in [-0.3, -0.25) is 0 Å². The lowest BCUT2D eigenvalue weighted by Crippen LogP contribution is -2.03. The Morgan fingerprint density at radius 2 is 2.05 bits per heavy atom. The van der Waals surface area contributed by atoms with E-state index in [2.05, 4.69) is 45.1 Å². The number of halogens is 1. The molecule has 0 aliphatic rings. The largest absolute Gasteiger partial charge is 0.458 e. The summed E-state index contributed by atoms with van der Waals surface area (Å²) < 4.78 is 6.66. The van der Waals surface area contributed by atoms with Crippen LogP contribution in [0.1, 0.15) is 31.7 Å². The summed E-state index contributed by atoms with van der Waals surface area (Å²) in [5, 5.41) is 3.09. The Hall–Kier alpha value is -1.36. The third kappa shape index (κ3) is 2.97. The van der Waals surface area contributed by atoms with Crippen LogP contribution in [-0.4, -0.2) is 17.0 Å². The molecule has 0 spiro atoms. The first-order valence-electron chi connectivity index (χ1n) is 6.52. The van der Waals surface area contributed by atoms with E-state index in [9.17, 15) is 0 Å². The standard InChI is InChI=1S/C14H18BrN3O/c1-4-6-10-12(15)14(16-3)18-13(17-10)11-8-7-9(5-2)19-11/h7-8H,4-6H2,1-3H3,(H,16,17,18). The maximum absolute atomic E-state index is 5.72. The third-order valence-corrected chi connectivity index (χ3v) is 3.71. The van der Waals surface area contributed by atoms with Gasteiger partial charge in [0.1, 0.15) is 11.6 Å². The van der Waals surface area contributed by atoms with E-state index in [0.29, 0.717) is 5.82 Å². The van der Waals surface area contributed by atoms with Crippen molar-refractivity contribution in [3.63, 3.8) is 0 Å². The van der Waals surface area contributed by atoms with Gasteiger partial charge >= 0.3 is 0 Å². The van der Waals surface area contributed by atoms with Crippen molar-refractivity contribution in [1.29, 1.82) is 0 Å². The topological polar surface area (TPSA) is 51.0 Å². The molecule has 2 heterocycles. The first kappa shape index (κ1) is 14.1. The molecule has 2 aromatic rings. The number of hydrogen-bond acceptors (Lipinski definition) is 4. The average molecular weight is 324 g/mol. The molecular weight excluding hydrogens is 306 g/mol. The van der Waals surface area contributed by atoms with E-state index in [1.165, 1.54) is 0 Å². The van der Waals surface area contributed by atoms with E-state index in [-0.39, 0.29) is 0 Å². The fourth-order valence-electron chi connectivity index (χ4n) is 1.86. The van der Waals surface area contributed by atoms with Gasteiger partial charge in [-0.05, 0) is 34.5 Å². The Morgan fingerprint density at radius 1 is 1.26 bits per heavy atom. The molecular formula is C14H18BrN3O. The highest BCUT2D eigenvalue weighted by Gasteiger charge is 2.14. The number of rotatable bonds is 5. The highest BCUT2D eigenvalue weighted by molar-refractivity contribution is 9.10. The fourth-order valence-corrected chi connectivity index (χ4v) is 2.43. The number of furan rings is 1. The minimum Gasteiger partial charge on any atom is -0.458 e. The molecule has 0 bridgehead atoms. The molecule has 0 saturated heterocycles. The molecule has 1 N–H and O–H groups in total. The van der Waals surface area contributed by atoms with Crippen LogP contribution < -0.4 is 5.32 Å². The number of hydrogen-bond donors (Lipinski definition) is 1. The lowest BCUT2D eigenvalue weighted by atomic mass is 10.2. The molecule has 4 nitrogen and oxygen atoms in total. The van der Waals surface area contributed by atoms with Crippen molar-refractivity contribution in [2.24, 2.45) is 0 Å². The van der Waals surface area contributed by atoms with Gasteiger partial charge in [0.15, 0.2) is 11.6 Å². The molecule has 0 saturated carbocycles. The van der Waals surface area contributed by atoms with Gasteiger partial charge in [-0.1, -0.05) is 20.3 Å². The molecule has 19 heavy (non-hydrogen) atoms. The Labute approximate surface area is 121 Å². The first-order chi connectivity index (χ1) is 9.19. The normalized spacial score (nSPS) is 10.7. The van der Waals surface area contributed by atoms with E-state index < -0.39 is 0 Å². The van der Waals surface area contributed by atoms with Gasteiger partial charge < -0.3 is 9.73 Å². The number of nitrogens with zero attached hydrogens (tertiary/aromatic N) is 2. The Morgan fingerprint density at radius 3 is 2.63 bits per heavy atom. The van der Waals surface area contributed by atoms with Crippen LogP contribution in [0.4, 0.5) is 5.82 Å². The molecule has 0 atom stereocenters. The zero-order chi connectivity index (χ0) is 13.8. The van der Waals surface area contributed by atoms with E-state index >= 15 is 0 Å². The van der Waals surface area contributed by atoms with Crippen LogP contribution >= 0.6 is 15.9 Å². The van der Waals surface area contributed by atoms with Gasteiger partial charge in [-0.2, -0.15) is 0 Å². The molecule has 0 unspecified atom stereocenters. The van der Waals surface area contributed by atoms with Crippen LogP contribution in [0, 0.1) is 0 Å². The summed E-state index contributed by atoms with van der Waals surface area (Å²) >= 11 is 3.55. The van der Waals surface area contributed by atoms with Crippen molar-refractivity contribution < 1.29 is 4.42 Å². The maximum atomic E-state index is 5.72. The van der Waals surface area contributed by atoms with Crippen molar-refractivity contribution in [2.45, 2.75) is 33.1 Å². The van der Waals surface area contributed by atoms with Gasteiger partial charge in [0.05, 0.1) is 10.2 Å². The lowest BCUT2D eigenvalue weighted by Gasteiger charge is -2.09. The molecule has 0 amide bonds.